The van der Waals surface area contributed by atoms with Gasteiger partial charge in [0.05, 0.1) is 18.2 Å². The SMILES string of the molecule is CC(C)(C)OC(=O)NC1C2CCOC2C1NC1CCCNC1. The standard InChI is InChI=1S/C16H29N3O3/c1-16(2,3)22-15(20)19-12-11-6-8-21-14(11)13(12)18-10-5-4-7-17-9-10/h10-14,17-18H,4-9H2,1-3H3,(H,19,20). The maximum absolute atomic E-state index is 12.1. The molecule has 2 aliphatic heterocycles. The van der Waals surface area contributed by atoms with Crippen molar-refractivity contribution in [2.24, 2.45) is 5.92 Å². The quantitative estimate of drug-likeness (QED) is 0.725. The summed E-state index contributed by atoms with van der Waals surface area (Å²) < 4.78 is 11.2. The summed E-state index contributed by atoms with van der Waals surface area (Å²) in [5.41, 5.74) is -0.463. The van der Waals surface area contributed by atoms with Gasteiger partial charge in [-0.2, -0.15) is 0 Å². The van der Waals surface area contributed by atoms with E-state index in [-0.39, 0.29) is 24.3 Å². The van der Waals surface area contributed by atoms with Crippen LogP contribution in [0, 0.1) is 5.92 Å². The van der Waals surface area contributed by atoms with Gasteiger partial charge in [-0.05, 0) is 46.6 Å². The van der Waals surface area contributed by atoms with Crippen LogP contribution in [-0.4, -0.2) is 55.6 Å². The zero-order valence-corrected chi connectivity index (χ0v) is 13.9. The minimum absolute atomic E-state index is 0.115. The lowest BCUT2D eigenvalue weighted by Gasteiger charge is -2.49. The van der Waals surface area contributed by atoms with E-state index in [0.717, 1.165) is 26.1 Å². The molecule has 3 aliphatic rings. The molecule has 0 bridgehead atoms. The van der Waals surface area contributed by atoms with E-state index in [1.54, 1.807) is 0 Å². The summed E-state index contributed by atoms with van der Waals surface area (Å²) in [6.45, 7) is 8.55. The van der Waals surface area contributed by atoms with Gasteiger partial charge in [-0.1, -0.05) is 0 Å². The molecule has 6 heteroatoms. The topological polar surface area (TPSA) is 71.6 Å². The Morgan fingerprint density at radius 1 is 1.27 bits per heavy atom. The first kappa shape index (κ1) is 16.0. The Balaban J connectivity index is 1.57. The summed E-state index contributed by atoms with van der Waals surface area (Å²) in [7, 11) is 0. The number of nitrogens with one attached hydrogen (secondary N) is 3. The van der Waals surface area contributed by atoms with Gasteiger partial charge < -0.3 is 25.4 Å². The molecule has 3 fully saturated rings. The van der Waals surface area contributed by atoms with Crippen LogP contribution < -0.4 is 16.0 Å². The molecule has 2 saturated heterocycles. The third-order valence-corrected chi connectivity index (χ3v) is 4.79. The highest BCUT2D eigenvalue weighted by Gasteiger charge is 2.55. The second-order valence-corrected chi connectivity index (χ2v) is 7.70. The first-order chi connectivity index (χ1) is 10.4. The molecule has 2 heterocycles. The third-order valence-electron chi connectivity index (χ3n) is 4.79. The van der Waals surface area contributed by atoms with Gasteiger partial charge in [-0.15, -0.1) is 0 Å². The number of carbonyl (C=O) groups is 1. The number of alkyl carbamates (subject to hydrolysis) is 1. The maximum atomic E-state index is 12.1. The van der Waals surface area contributed by atoms with Gasteiger partial charge in [-0.25, -0.2) is 4.79 Å². The van der Waals surface area contributed by atoms with Crippen LogP contribution in [0.5, 0.6) is 0 Å². The largest absolute Gasteiger partial charge is 0.444 e. The van der Waals surface area contributed by atoms with Crippen molar-refractivity contribution >= 4 is 6.09 Å². The van der Waals surface area contributed by atoms with E-state index in [2.05, 4.69) is 16.0 Å². The summed E-state index contributed by atoms with van der Waals surface area (Å²) >= 11 is 0. The fourth-order valence-electron chi connectivity index (χ4n) is 3.81. The fourth-order valence-corrected chi connectivity index (χ4v) is 3.81. The van der Waals surface area contributed by atoms with Crippen LogP contribution in [0.1, 0.15) is 40.0 Å². The molecule has 0 aromatic rings. The van der Waals surface area contributed by atoms with Gasteiger partial charge in [0, 0.05) is 25.1 Å². The summed E-state index contributed by atoms with van der Waals surface area (Å²) in [6.07, 6.45) is 3.31. The van der Waals surface area contributed by atoms with E-state index in [1.807, 2.05) is 20.8 Å². The highest BCUT2D eigenvalue weighted by atomic mass is 16.6. The molecule has 126 valence electrons. The van der Waals surface area contributed by atoms with Crippen LogP contribution in [0.4, 0.5) is 4.79 Å². The zero-order chi connectivity index (χ0) is 15.7. The van der Waals surface area contributed by atoms with E-state index in [1.165, 1.54) is 12.8 Å². The molecular weight excluding hydrogens is 282 g/mol. The molecule has 1 aliphatic carbocycles. The Morgan fingerprint density at radius 3 is 2.77 bits per heavy atom. The Bertz CT molecular complexity index is 404. The second kappa shape index (κ2) is 6.34. The number of fused-ring (bicyclic) bond motifs is 1. The fraction of sp³-hybridized carbons (Fsp3) is 0.938. The van der Waals surface area contributed by atoms with Crippen LogP contribution in [-0.2, 0) is 9.47 Å². The lowest BCUT2D eigenvalue weighted by atomic mass is 9.71. The van der Waals surface area contributed by atoms with Crippen molar-refractivity contribution < 1.29 is 14.3 Å². The smallest absolute Gasteiger partial charge is 0.407 e. The Labute approximate surface area is 132 Å². The lowest BCUT2D eigenvalue weighted by Crippen LogP contribution is -2.72. The molecule has 5 atom stereocenters. The van der Waals surface area contributed by atoms with Gasteiger partial charge >= 0.3 is 6.09 Å². The van der Waals surface area contributed by atoms with E-state index in [0.29, 0.717) is 12.0 Å². The molecule has 0 spiro atoms. The van der Waals surface area contributed by atoms with Gasteiger partial charge in [0.25, 0.3) is 0 Å². The van der Waals surface area contributed by atoms with Crippen LogP contribution >= 0.6 is 0 Å². The number of piperidine rings is 1. The summed E-state index contributed by atoms with van der Waals surface area (Å²) in [5, 5.41) is 10.2. The molecule has 3 N–H and O–H groups in total. The van der Waals surface area contributed by atoms with E-state index in [9.17, 15) is 4.79 Å². The van der Waals surface area contributed by atoms with E-state index < -0.39 is 5.60 Å². The first-order valence-corrected chi connectivity index (χ1v) is 8.52. The zero-order valence-electron chi connectivity index (χ0n) is 13.9. The summed E-state index contributed by atoms with van der Waals surface area (Å²) in [6, 6.07) is 0.779. The normalized spacial score (nSPS) is 38.0. The predicted molar refractivity (Wildman–Crippen MR) is 83.8 cm³/mol. The monoisotopic (exact) mass is 311 g/mol. The molecule has 1 saturated carbocycles. The average Bonchev–Trinajstić information content (AvgIpc) is 2.86. The van der Waals surface area contributed by atoms with Crippen molar-refractivity contribution in [3.05, 3.63) is 0 Å². The Morgan fingerprint density at radius 2 is 2.09 bits per heavy atom. The van der Waals surface area contributed by atoms with Crippen molar-refractivity contribution in [2.75, 3.05) is 19.7 Å². The average molecular weight is 311 g/mol. The lowest BCUT2D eigenvalue weighted by molar-refractivity contribution is -0.0384. The van der Waals surface area contributed by atoms with Crippen LogP contribution in [0.25, 0.3) is 0 Å². The molecule has 3 rings (SSSR count). The molecule has 0 aromatic heterocycles. The molecule has 6 nitrogen and oxygen atoms in total. The molecule has 0 aromatic carbocycles. The minimum atomic E-state index is -0.463. The van der Waals surface area contributed by atoms with Crippen molar-refractivity contribution in [1.29, 1.82) is 0 Å². The Hall–Kier alpha value is -0.850. The van der Waals surface area contributed by atoms with Crippen LogP contribution in [0.3, 0.4) is 0 Å². The third kappa shape index (κ3) is 3.55. The Kier molecular flexibility index (Phi) is 4.61. The van der Waals surface area contributed by atoms with Crippen molar-refractivity contribution in [1.82, 2.24) is 16.0 Å². The number of ether oxygens (including phenoxy) is 2. The first-order valence-electron chi connectivity index (χ1n) is 8.52. The molecular formula is C16H29N3O3. The molecule has 5 unspecified atom stereocenters. The highest BCUT2D eigenvalue weighted by molar-refractivity contribution is 5.68. The van der Waals surface area contributed by atoms with E-state index in [4.69, 9.17) is 9.47 Å². The number of hydrogen-bond donors (Lipinski definition) is 3. The highest BCUT2D eigenvalue weighted by Crippen LogP contribution is 2.39. The number of carbonyl (C=O) groups excluding carboxylic acids is 1. The minimum Gasteiger partial charge on any atom is -0.444 e. The summed E-state index contributed by atoms with van der Waals surface area (Å²) in [5.74, 6) is 0.418. The number of hydrogen-bond acceptors (Lipinski definition) is 5. The van der Waals surface area contributed by atoms with Gasteiger partial charge in [0.15, 0.2) is 0 Å². The second-order valence-electron chi connectivity index (χ2n) is 7.70. The van der Waals surface area contributed by atoms with Crippen molar-refractivity contribution in [3.8, 4) is 0 Å². The summed E-state index contributed by atoms with van der Waals surface area (Å²) in [4.78, 5) is 12.1. The van der Waals surface area contributed by atoms with Crippen LogP contribution in [0.2, 0.25) is 0 Å². The number of amides is 1. The molecule has 22 heavy (non-hydrogen) atoms. The van der Waals surface area contributed by atoms with Gasteiger partial charge in [0.1, 0.15) is 5.60 Å². The van der Waals surface area contributed by atoms with Gasteiger partial charge in [0.2, 0.25) is 0 Å². The van der Waals surface area contributed by atoms with Crippen molar-refractivity contribution in [2.45, 2.75) is 69.9 Å². The van der Waals surface area contributed by atoms with Gasteiger partial charge in [-0.3, -0.25) is 0 Å². The predicted octanol–water partition coefficient (Wildman–Crippen LogP) is 1.01. The maximum Gasteiger partial charge on any atom is 0.407 e. The van der Waals surface area contributed by atoms with E-state index >= 15 is 0 Å². The van der Waals surface area contributed by atoms with Crippen LogP contribution in [0.15, 0.2) is 0 Å². The number of rotatable bonds is 3. The molecule has 0 radical (unpaired) electrons. The molecule has 1 amide bonds. The van der Waals surface area contributed by atoms with Crippen molar-refractivity contribution in [3.63, 3.8) is 0 Å².